The molecule has 1 aromatic carbocycles. The number of nitrogens with zero attached hydrogens (tertiary/aromatic N) is 2. The normalized spacial score (nSPS) is 11.7. The Labute approximate surface area is 140 Å². The molecule has 0 saturated carbocycles. The number of aryl methyl sites for hydroxylation is 1. The van der Waals surface area contributed by atoms with E-state index >= 15 is 0 Å². The zero-order chi connectivity index (χ0) is 16.7. The van der Waals surface area contributed by atoms with Crippen molar-refractivity contribution in [3.8, 4) is 0 Å². The summed E-state index contributed by atoms with van der Waals surface area (Å²) in [7, 11) is 0. The largest absolute Gasteiger partial charge is 0.321 e. The number of nitrogens with one attached hydrogen (secondary N) is 2. The minimum Gasteiger partial charge on any atom is -0.321 e. The Morgan fingerprint density at radius 1 is 1.30 bits per heavy atom. The van der Waals surface area contributed by atoms with Crippen molar-refractivity contribution in [3.63, 3.8) is 0 Å². The Balaban J connectivity index is 1.93. The summed E-state index contributed by atoms with van der Waals surface area (Å²) >= 11 is 5.65. The lowest BCUT2D eigenvalue weighted by Crippen LogP contribution is -2.13. The van der Waals surface area contributed by atoms with Crippen LogP contribution in [0.25, 0.3) is 0 Å². The second kappa shape index (κ2) is 8.39. The quantitative estimate of drug-likeness (QED) is 0.753. The van der Waals surface area contributed by atoms with E-state index in [2.05, 4.69) is 22.2 Å². The number of carbonyl (C=O) groups is 1. The molecule has 0 aliphatic heterocycles. The van der Waals surface area contributed by atoms with E-state index in [9.17, 15) is 4.79 Å². The molecule has 0 aliphatic rings. The third kappa shape index (κ3) is 5.14. The summed E-state index contributed by atoms with van der Waals surface area (Å²) in [6.45, 7) is 2.09. The Kier molecular flexibility index (Phi) is 6.23. The van der Waals surface area contributed by atoms with Crippen LogP contribution in [0.4, 0.5) is 5.69 Å². The minimum atomic E-state index is -0.322. The molecule has 0 spiro atoms. The van der Waals surface area contributed by atoms with E-state index in [0.29, 0.717) is 11.6 Å². The fourth-order valence-corrected chi connectivity index (χ4v) is 2.23. The van der Waals surface area contributed by atoms with Crippen LogP contribution in [0.15, 0.2) is 36.7 Å². The van der Waals surface area contributed by atoms with Gasteiger partial charge in [0.2, 0.25) is 0 Å². The van der Waals surface area contributed by atoms with Crippen molar-refractivity contribution >= 4 is 29.4 Å². The summed E-state index contributed by atoms with van der Waals surface area (Å²) in [5.41, 5.74) is 2.11. The van der Waals surface area contributed by atoms with Crippen molar-refractivity contribution in [2.75, 3.05) is 5.32 Å². The molecule has 2 aromatic rings. The van der Waals surface area contributed by atoms with Gasteiger partial charge in [0.25, 0.3) is 5.91 Å². The third-order valence-corrected chi connectivity index (χ3v) is 3.82. The molecule has 5 nitrogen and oxygen atoms in total. The van der Waals surface area contributed by atoms with Gasteiger partial charge in [-0.1, -0.05) is 30.7 Å². The van der Waals surface area contributed by atoms with Crippen LogP contribution in [0.1, 0.15) is 35.8 Å². The van der Waals surface area contributed by atoms with Crippen LogP contribution < -0.4 is 5.32 Å². The van der Waals surface area contributed by atoms with E-state index in [0.717, 1.165) is 19.3 Å². The smallest absolute Gasteiger partial charge is 0.275 e. The highest BCUT2D eigenvalue weighted by Gasteiger charge is 2.08. The highest BCUT2D eigenvalue weighted by molar-refractivity contribution is 6.29. The Morgan fingerprint density at radius 3 is 2.61 bits per heavy atom. The molecule has 1 aromatic heterocycles. The lowest BCUT2D eigenvalue weighted by atomic mass is 9.98. The predicted molar refractivity (Wildman–Crippen MR) is 92.3 cm³/mol. The van der Waals surface area contributed by atoms with Crippen molar-refractivity contribution in [1.29, 1.82) is 5.41 Å². The molecule has 1 heterocycles. The molecule has 0 aliphatic carbocycles. The van der Waals surface area contributed by atoms with Gasteiger partial charge in [0, 0.05) is 5.69 Å². The van der Waals surface area contributed by atoms with Gasteiger partial charge in [-0.3, -0.25) is 4.79 Å². The number of halogens is 1. The van der Waals surface area contributed by atoms with Crippen LogP contribution in [0, 0.1) is 11.3 Å². The topological polar surface area (TPSA) is 78.7 Å². The second-order valence-corrected chi connectivity index (χ2v) is 5.64. The first-order chi connectivity index (χ1) is 11.1. The average molecular weight is 331 g/mol. The molecule has 1 amide bonds. The van der Waals surface area contributed by atoms with Gasteiger partial charge in [0.1, 0.15) is 10.8 Å². The lowest BCUT2D eigenvalue weighted by Gasteiger charge is -2.09. The summed E-state index contributed by atoms with van der Waals surface area (Å²) in [5.74, 6) is 0.00891. The Bertz CT molecular complexity index is 655. The fraction of sp³-hybridized carbons (Fsp3) is 0.294. The van der Waals surface area contributed by atoms with Gasteiger partial charge in [-0.2, -0.15) is 0 Å². The number of amides is 1. The van der Waals surface area contributed by atoms with Crippen molar-refractivity contribution in [2.45, 2.75) is 26.2 Å². The monoisotopic (exact) mass is 330 g/mol. The van der Waals surface area contributed by atoms with E-state index < -0.39 is 0 Å². The first-order valence-corrected chi connectivity index (χ1v) is 7.88. The number of aromatic nitrogens is 2. The average Bonchev–Trinajstić information content (AvgIpc) is 2.58. The van der Waals surface area contributed by atoms with Gasteiger partial charge in [-0.25, -0.2) is 9.97 Å². The minimum absolute atomic E-state index is 0.218. The molecule has 2 N–H and O–H groups in total. The van der Waals surface area contributed by atoms with Crippen LogP contribution in [0.5, 0.6) is 0 Å². The molecule has 2 rings (SSSR count). The zero-order valence-corrected chi connectivity index (χ0v) is 13.7. The van der Waals surface area contributed by atoms with Crippen molar-refractivity contribution < 1.29 is 4.79 Å². The van der Waals surface area contributed by atoms with Gasteiger partial charge in [0.15, 0.2) is 0 Å². The highest BCUT2D eigenvalue weighted by atomic mass is 35.5. The van der Waals surface area contributed by atoms with Crippen LogP contribution in [-0.2, 0) is 6.42 Å². The predicted octanol–water partition coefficient (Wildman–Crippen LogP) is 3.99. The van der Waals surface area contributed by atoms with Crippen LogP contribution in [-0.4, -0.2) is 22.1 Å². The SMILES string of the molecule is CCC(C=N)CCc1ccc(NC(=O)c2cnc(Cl)cn2)cc1. The van der Waals surface area contributed by atoms with Gasteiger partial charge in [-0.15, -0.1) is 0 Å². The molecular formula is C17H19ClN4O. The van der Waals surface area contributed by atoms with E-state index in [1.807, 2.05) is 24.3 Å². The summed E-state index contributed by atoms with van der Waals surface area (Å²) < 4.78 is 0. The number of rotatable bonds is 7. The number of anilines is 1. The first-order valence-electron chi connectivity index (χ1n) is 7.50. The van der Waals surface area contributed by atoms with Gasteiger partial charge < -0.3 is 10.7 Å². The van der Waals surface area contributed by atoms with Crippen LogP contribution in [0.3, 0.4) is 0 Å². The molecule has 0 radical (unpaired) electrons. The van der Waals surface area contributed by atoms with E-state index in [4.69, 9.17) is 17.0 Å². The van der Waals surface area contributed by atoms with Crippen molar-refractivity contribution in [1.82, 2.24) is 9.97 Å². The zero-order valence-electron chi connectivity index (χ0n) is 12.9. The molecule has 0 saturated heterocycles. The number of hydrogen-bond donors (Lipinski definition) is 2. The molecule has 0 bridgehead atoms. The van der Waals surface area contributed by atoms with Crippen molar-refractivity contribution in [2.24, 2.45) is 5.92 Å². The molecular weight excluding hydrogens is 312 g/mol. The van der Waals surface area contributed by atoms with E-state index in [1.165, 1.54) is 24.2 Å². The molecule has 23 heavy (non-hydrogen) atoms. The Hall–Kier alpha value is -2.27. The summed E-state index contributed by atoms with van der Waals surface area (Å²) in [6, 6.07) is 7.70. The maximum atomic E-state index is 12.0. The third-order valence-electron chi connectivity index (χ3n) is 3.63. The van der Waals surface area contributed by atoms with Crippen LogP contribution in [0.2, 0.25) is 5.15 Å². The standard InChI is InChI=1S/C17H19ClN4O/c1-2-12(9-19)3-4-13-5-7-14(8-6-13)22-17(23)15-10-21-16(18)11-20-15/h5-12,19H,2-4H2,1H3,(H,22,23). The van der Waals surface area contributed by atoms with Gasteiger partial charge >= 0.3 is 0 Å². The molecule has 0 fully saturated rings. The number of benzene rings is 1. The van der Waals surface area contributed by atoms with E-state index in [-0.39, 0.29) is 16.8 Å². The molecule has 120 valence electrons. The fourth-order valence-electron chi connectivity index (χ4n) is 2.14. The maximum absolute atomic E-state index is 12.0. The summed E-state index contributed by atoms with van der Waals surface area (Å²) in [5, 5.41) is 10.4. The van der Waals surface area contributed by atoms with Gasteiger partial charge in [-0.05, 0) is 49.1 Å². The number of carbonyl (C=O) groups excluding carboxylic acids is 1. The van der Waals surface area contributed by atoms with E-state index in [1.54, 1.807) is 0 Å². The molecule has 6 heteroatoms. The second-order valence-electron chi connectivity index (χ2n) is 5.25. The lowest BCUT2D eigenvalue weighted by molar-refractivity contribution is 0.102. The maximum Gasteiger partial charge on any atom is 0.275 e. The summed E-state index contributed by atoms with van der Waals surface area (Å²) in [4.78, 5) is 19.8. The molecule has 1 unspecified atom stereocenters. The summed E-state index contributed by atoms with van der Waals surface area (Å²) in [6.07, 6.45) is 7.07. The highest BCUT2D eigenvalue weighted by Crippen LogP contribution is 2.15. The van der Waals surface area contributed by atoms with Crippen LogP contribution >= 0.6 is 11.6 Å². The Morgan fingerprint density at radius 2 is 2.04 bits per heavy atom. The van der Waals surface area contributed by atoms with Gasteiger partial charge in [0.05, 0.1) is 12.4 Å². The van der Waals surface area contributed by atoms with Crippen molar-refractivity contribution in [3.05, 3.63) is 53.1 Å². The molecule has 1 atom stereocenters. The first kappa shape index (κ1) is 17.1. The number of hydrogen-bond acceptors (Lipinski definition) is 4.